The summed E-state index contributed by atoms with van der Waals surface area (Å²) in [6, 6.07) is 22.0. The van der Waals surface area contributed by atoms with Crippen molar-refractivity contribution in [3.05, 3.63) is 78.4 Å². The van der Waals surface area contributed by atoms with Crippen molar-refractivity contribution in [3.63, 3.8) is 0 Å². The van der Waals surface area contributed by atoms with Crippen LogP contribution < -0.4 is 16.0 Å². The van der Waals surface area contributed by atoms with E-state index in [9.17, 15) is 4.79 Å². The first kappa shape index (κ1) is 20.7. The Morgan fingerprint density at radius 2 is 0.871 bits per heavy atom. The maximum Gasteiger partial charge on any atom is 0.233 e. The minimum Gasteiger partial charge on any atom is -0.324 e. The summed E-state index contributed by atoms with van der Waals surface area (Å²) in [5.74, 6) is 1.07. The largest absolute Gasteiger partial charge is 0.324 e. The van der Waals surface area contributed by atoms with E-state index in [0.717, 1.165) is 33.1 Å². The second-order valence-corrected chi connectivity index (χ2v) is 7.55. The average Bonchev–Trinajstić information content (AvgIpc) is 2.77. The predicted molar refractivity (Wildman–Crippen MR) is 129 cm³/mol. The Balaban J connectivity index is 1.63. The molecule has 0 unspecified atom stereocenters. The fraction of sp³-hybridized carbons (Fsp3) is 0. The fourth-order valence-electron chi connectivity index (χ4n) is 2.67. The minimum absolute atomic E-state index is 0.343. The smallest absolute Gasteiger partial charge is 0.233 e. The number of aldehydes is 1. The first-order valence-electron chi connectivity index (χ1n) is 9.28. The minimum atomic E-state index is 0.343. The van der Waals surface area contributed by atoms with E-state index in [-0.39, 0.29) is 0 Å². The molecule has 0 aliphatic carbocycles. The average molecular weight is 447 g/mol. The van der Waals surface area contributed by atoms with Crippen molar-refractivity contribution in [2.24, 2.45) is 0 Å². The molecule has 0 aliphatic rings. The van der Waals surface area contributed by atoms with Crippen LogP contribution >= 0.6 is 25.3 Å². The van der Waals surface area contributed by atoms with Gasteiger partial charge in [0.1, 0.15) is 6.29 Å². The lowest BCUT2D eigenvalue weighted by atomic mass is 10.2. The van der Waals surface area contributed by atoms with E-state index < -0.39 is 0 Å². The molecule has 0 atom stereocenters. The van der Waals surface area contributed by atoms with Gasteiger partial charge in [-0.15, -0.1) is 25.3 Å². The molecule has 3 aromatic carbocycles. The third-order valence-corrected chi connectivity index (χ3v) is 4.78. The number of thiol groups is 2. The first-order chi connectivity index (χ1) is 15.1. The maximum atomic E-state index is 10.9. The molecular weight excluding hydrogens is 428 g/mol. The summed E-state index contributed by atoms with van der Waals surface area (Å²) in [6.45, 7) is 0. The van der Waals surface area contributed by atoms with Crippen molar-refractivity contribution in [1.29, 1.82) is 0 Å². The van der Waals surface area contributed by atoms with Gasteiger partial charge >= 0.3 is 0 Å². The van der Waals surface area contributed by atoms with Gasteiger partial charge in [0.15, 0.2) is 0 Å². The standard InChI is InChI=1S/C22H18N6OS2/c29-13-14-1-3-15(4-2-14)23-20-26-21(24-16-5-9-18(30)10-6-16)28-22(27-20)25-17-7-11-19(31)12-8-17/h1-13,30-31H,(H3,23,24,25,26,27,28). The quantitative estimate of drug-likeness (QED) is 0.189. The van der Waals surface area contributed by atoms with Crippen LogP contribution in [0.3, 0.4) is 0 Å². The highest BCUT2D eigenvalue weighted by molar-refractivity contribution is 7.80. The number of benzene rings is 3. The van der Waals surface area contributed by atoms with Crippen molar-refractivity contribution in [3.8, 4) is 0 Å². The van der Waals surface area contributed by atoms with E-state index in [1.165, 1.54) is 0 Å². The van der Waals surface area contributed by atoms with Crippen LogP contribution in [0.2, 0.25) is 0 Å². The number of nitrogens with one attached hydrogen (secondary N) is 3. The van der Waals surface area contributed by atoms with Crippen LogP contribution in [0.1, 0.15) is 10.4 Å². The zero-order chi connectivity index (χ0) is 21.6. The van der Waals surface area contributed by atoms with Crippen LogP contribution in [0.25, 0.3) is 0 Å². The van der Waals surface area contributed by atoms with Gasteiger partial charge in [0.2, 0.25) is 17.8 Å². The Labute approximate surface area is 190 Å². The normalized spacial score (nSPS) is 10.4. The molecular formula is C22H18N6OS2. The molecule has 4 aromatic rings. The van der Waals surface area contributed by atoms with E-state index in [1.807, 2.05) is 48.5 Å². The van der Waals surface area contributed by atoms with Crippen LogP contribution in [0.5, 0.6) is 0 Å². The molecule has 0 spiro atoms. The lowest BCUT2D eigenvalue weighted by Crippen LogP contribution is -2.07. The summed E-state index contributed by atoms with van der Waals surface area (Å²) in [5.41, 5.74) is 2.96. The van der Waals surface area contributed by atoms with Gasteiger partial charge in [0, 0.05) is 32.4 Å². The molecule has 0 fully saturated rings. The van der Waals surface area contributed by atoms with E-state index in [4.69, 9.17) is 0 Å². The lowest BCUT2D eigenvalue weighted by molar-refractivity contribution is 0.112. The summed E-state index contributed by atoms with van der Waals surface area (Å²) >= 11 is 8.61. The van der Waals surface area contributed by atoms with Crippen molar-refractivity contribution in [1.82, 2.24) is 15.0 Å². The SMILES string of the molecule is O=Cc1ccc(Nc2nc(Nc3ccc(S)cc3)nc(Nc3ccc(S)cc3)n2)cc1. The van der Waals surface area contributed by atoms with Crippen molar-refractivity contribution >= 4 is 66.5 Å². The van der Waals surface area contributed by atoms with E-state index in [2.05, 4.69) is 56.2 Å². The number of carbonyl (C=O) groups excluding carboxylic acids is 1. The van der Waals surface area contributed by atoms with Crippen LogP contribution in [-0.2, 0) is 0 Å². The summed E-state index contributed by atoms with van der Waals surface area (Å²) in [6.07, 6.45) is 0.795. The molecule has 9 heteroatoms. The molecule has 0 saturated carbocycles. The van der Waals surface area contributed by atoms with Gasteiger partial charge in [-0.1, -0.05) is 0 Å². The Morgan fingerprint density at radius 1 is 0.548 bits per heavy atom. The van der Waals surface area contributed by atoms with E-state index in [0.29, 0.717) is 23.4 Å². The summed E-state index contributed by atoms with van der Waals surface area (Å²) in [7, 11) is 0. The maximum absolute atomic E-state index is 10.9. The first-order valence-corrected chi connectivity index (χ1v) is 10.2. The second kappa shape index (κ2) is 9.50. The molecule has 31 heavy (non-hydrogen) atoms. The third kappa shape index (κ3) is 5.74. The third-order valence-electron chi connectivity index (χ3n) is 4.19. The molecule has 3 N–H and O–H groups in total. The van der Waals surface area contributed by atoms with Gasteiger partial charge in [-0.3, -0.25) is 4.79 Å². The lowest BCUT2D eigenvalue weighted by Gasteiger charge is -2.12. The molecule has 1 aromatic heterocycles. The Hall–Kier alpha value is -3.56. The summed E-state index contributed by atoms with van der Waals surface area (Å²) < 4.78 is 0. The monoisotopic (exact) mass is 446 g/mol. The predicted octanol–water partition coefficient (Wildman–Crippen LogP) is 5.49. The van der Waals surface area contributed by atoms with Gasteiger partial charge in [-0.25, -0.2) is 0 Å². The molecule has 4 rings (SSSR count). The zero-order valence-electron chi connectivity index (χ0n) is 16.1. The molecule has 1 heterocycles. The number of nitrogens with zero attached hydrogens (tertiary/aromatic N) is 3. The van der Waals surface area contributed by atoms with Crippen LogP contribution in [0.4, 0.5) is 34.9 Å². The van der Waals surface area contributed by atoms with Gasteiger partial charge in [0.25, 0.3) is 0 Å². The topological polar surface area (TPSA) is 91.8 Å². The second-order valence-electron chi connectivity index (χ2n) is 6.51. The molecule has 0 radical (unpaired) electrons. The van der Waals surface area contributed by atoms with Gasteiger partial charge in [-0.05, 0) is 72.8 Å². The van der Waals surface area contributed by atoms with Crippen LogP contribution in [0, 0.1) is 0 Å². The number of hydrogen-bond acceptors (Lipinski definition) is 9. The van der Waals surface area contributed by atoms with Crippen LogP contribution in [-0.4, -0.2) is 21.2 Å². The number of carbonyl (C=O) groups is 1. The summed E-state index contributed by atoms with van der Waals surface area (Å²) in [4.78, 5) is 26.0. The van der Waals surface area contributed by atoms with Gasteiger partial charge in [0.05, 0.1) is 0 Å². The highest BCUT2D eigenvalue weighted by Gasteiger charge is 2.09. The molecule has 0 aliphatic heterocycles. The van der Waals surface area contributed by atoms with Crippen molar-refractivity contribution in [2.45, 2.75) is 9.79 Å². The van der Waals surface area contributed by atoms with Crippen LogP contribution in [0.15, 0.2) is 82.6 Å². The highest BCUT2D eigenvalue weighted by atomic mass is 32.1. The number of hydrogen-bond donors (Lipinski definition) is 5. The Bertz CT molecular complexity index is 1120. The number of aromatic nitrogens is 3. The molecule has 0 bridgehead atoms. The van der Waals surface area contributed by atoms with E-state index in [1.54, 1.807) is 24.3 Å². The molecule has 0 amide bonds. The number of rotatable bonds is 7. The Morgan fingerprint density at radius 3 is 1.19 bits per heavy atom. The van der Waals surface area contributed by atoms with E-state index >= 15 is 0 Å². The highest BCUT2D eigenvalue weighted by Crippen LogP contribution is 2.22. The summed E-state index contributed by atoms with van der Waals surface area (Å²) in [5, 5.41) is 9.50. The Kier molecular flexibility index (Phi) is 6.34. The fourth-order valence-corrected chi connectivity index (χ4v) is 2.96. The molecule has 154 valence electrons. The van der Waals surface area contributed by atoms with Gasteiger partial charge < -0.3 is 16.0 Å². The van der Waals surface area contributed by atoms with Crippen molar-refractivity contribution in [2.75, 3.05) is 16.0 Å². The van der Waals surface area contributed by atoms with Gasteiger partial charge in [-0.2, -0.15) is 15.0 Å². The zero-order valence-corrected chi connectivity index (χ0v) is 17.9. The number of anilines is 6. The van der Waals surface area contributed by atoms with Crippen molar-refractivity contribution < 1.29 is 4.79 Å². The molecule has 0 saturated heterocycles. The molecule has 7 nitrogen and oxygen atoms in total.